The lowest BCUT2D eigenvalue weighted by molar-refractivity contribution is -0.110. The molecule has 0 aliphatic carbocycles. The molecule has 0 bridgehead atoms. The van der Waals surface area contributed by atoms with Crippen molar-refractivity contribution in [2.45, 2.75) is 6.42 Å². The minimum Gasteiger partial charge on any atom is -0.478 e. The van der Waals surface area contributed by atoms with Crippen LogP contribution >= 0.6 is 12.4 Å². The molecule has 156 valence electrons. The van der Waals surface area contributed by atoms with E-state index in [0.717, 1.165) is 0 Å². The van der Waals surface area contributed by atoms with Crippen molar-refractivity contribution in [3.8, 4) is 17.1 Å². The van der Waals surface area contributed by atoms with E-state index >= 15 is 0 Å². The highest BCUT2D eigenvalue weighted by Gasteiger charge is 2.27. The molecule has 6 N–H and O–H groups in total. The number of halogens is 1. The van der Waals surface area contributed by atoms with Gasteiger partial charge in [0.1, 0.15) is 0 Å². The Hall–Kier alpha value is -3.63. The van der Waals surface area contributed by atoms with Crippen molar-refractivity contribution < 1.29 is 19.4 Å². The second kappa shape index (κ2) is 8.80. The van der Waals surface area contributed by atoms with Gasteiger partial charge < -0.3 is 25.9 Å². The number of ether oxygens (including phenoxy) is 1. The Balaban J connectivity index is 0.00000256. The van der Waals surface area contributed by atoms with E-state index in [1.165, 1.54) is 18.3 Å². The van der Waals surface area contributed by atoms with Crippen LogP contribution in [-0.2, 0) is 4.79 Å². The second-order valence-corrected chi connectivity index (χ2v) is 6.34. The Morgan fingerprint density at radius 3 is 2.90 bits per heavy atom. The van der Waals surface area contributed by atoms with Gasteiger partial charge in [0, 0.05) is 11.8 Å². The van der Waals surface area contributed by atoms with E-state index in [-0.39, 0.29) is 23.9 Å². The number of nitrogens with one attached hydrogen (secondary N) is 3. The zero-order valence-electron chi connectivity index (χ0n) is 15.6. The highest BCUT2D eigenvalue weighted by molar-refractivity contribution is 6.35. The quantitative estimate of drug-likeness (QED) is 0.283. The molecule has 30 heavy (non-hydrogen) atoms. The summed E-state index contributed by atoms with van der Waals surface area (Å²) in [6.45, 7) is 0.951. The molecule has 0 spiro atoms. The summed E-state index contributed by atoms with van der Waals surface area (Å²) in [5, 5.41) is 18.8. The number of nitrogens with zero attached hydrogens (tertiary/aromatic N) is 2. The highest BCUT2D eigenvalue weighted by atomic mass is 35.5. The molecular formula is C19H19ClN6O4. The van der Waals surface area contributed by atoms with Gasteiger partial charge in [-0.1, -0.05) is 0 Å². The van der Waals surface area contributed by atoms with Gasteiger partial charge in [-0.05, 0) is 31.2 Å². The van der Waals surface area contributed by atoms with Gasteiger partial charge in [0.05, 0.1) is 52.8 Å². The smallest absolute Gasteiger partial charge is 0.337 e. The van der Waals surface area contributed by atoms with Gasteiger partial charge in [-0.3, -0.25) is 9.78 Å². The molecule has 0 aromatic carbocycles. The number of hydrogen-bond acceptors (Lipinski definition) is 6. The predicted octanol–water partition coefficient (Wildman–Crippen LogP) is 2.14. The summed E-state index contributed by atoms with van der Waals surface area (Å²) in [6, 6.07) is 3.18. The summed E-state index contributed by atoms with van der Waals surface area (Å²) in [5.74, 6) is -0.951. The number of pyridine rings is 1. The Kier molecular flexibility index (Phi) is 6.19. The van der Waals surface area contributed by atoms with Gasteiger partial charge >= 0.3 is 5.97 Å². The lowest BCUT2D eigenvalue weighted by Crippen LogP contribution is -2.06. The van der Waals surface area contributed by atoms with E-state index < -0.39 is 5.97 Å². The molecule has 0 atom stereocenters. The van der Waals surface area contributed by atoms with Gasteiger partial charge in [0.2, 0.25) is 5.88 Å². The summed E-state index contributed by atoms with van der Waals surface area (Å²) in [6.07, 6.45) is 6.87. The number of aromatic amines is 2. The second-order valence-electron chi connectivity index (χ2n) is 6.34. The number of fused-ring (bicyclic) bond motifs is 1. The summed E-state index contributed by atoms with van der Waals surface area (Å²) in [5.41, 5.74) is 8.61. The summed E-state index contributed by atoms with van der Waals surface area (Å²) >= 11 is 0. The van der Waals surface area contributed by atoms with Crippen LogP contribution in [0.1, 0.15) is 28.0 Å². The van der Waals surface area contributed by atoms with Crippen LogP contribution in [0.4, 0.5) is 5.69 Å². The van der Waals surface area contributed by atoms with Crippen LogP contribution in [0.3, 0.4) is 0 Å². The molecule has 3 aromatic heterocycles. The first kappa shape index (κ1) is 21.1. The third-order valence-electron chi connectivity index (χ3n) is 4.46. The van der Waals surface area contributed by atoms with E-state index in [4.69, 9.17) is 10.5 Å². The maximum absolute atomic E-state index is 12.5. The Morgan fingerprint density at radius 2 is 2.13 bits per heavy atom. The largest absolute Gasteiger partial charge is 0.478 e. The fourth-order valence-electron chi connectivity index (χ4n) is 3.04. The molecular weight excluding hydrogens is 412 g/mol. The molecule has 0 saturated carbocycles. The van der Waals surface area contributed by atoms with Gasteiger partial charge in [-0.2, -0.15) is 5.10 Å². The molecule has 0 radical (unpaired) electrons. The van der Waals surface area contributed by atoms with Crippen molar-refractivity contribution >= 4 is 41.6 Å². The zero-order valence-corrected chi connectivity index (χ0v) is 16.5. The van der Waals surface area contributed by atoms with Crippen molar-refractivity contribution in [1.29, 1.82) is 0 Å². The molecule has 0 fully saturated rings. The number of carbonyl (C=O) groups excluding carboxylic acids is 1. The van der Waals surface area contributed by atoms with Crippen molar-refractivity contribution in [3.05, 3.63) is 47.5 Å². The number of aromatic carboxylic acids is 1. The van der Waals surface area contributed by atoms with Crippen molar-refractivity contribution in [1.82, 2.24) is 20.2 Å². The Morgan fingerprint density at radius 1 is 1.30 bits per heavy atom. The number of carbonyl (C=O) groups is 2. The lowest BCUT2D eigenvalue weighted by Gasteiger charge is -2.06. The van der Waals surface area contributed by atoms with Gasteiger partial charge in [-0.15, -0.1) is 12.4 Å². The number of hydrogen-bond donors (Lipinski definition) is 5. The molecule has 3 aromatic rings. The summed E-state index contributed by atoms with van der Waals surface area (Å²) in [4.78, 5) is 31.0. The molecule has 1 aliphatic rings. The van der Waals surface area contributed by atoms with E-state index in [2.05, 4.69) is 25.5 Å². The fraction of sp³-hybridized carbons (Fsp3) is 0.158. The minimum atomic E-state index is -1.08. The number of anilines is 1. The van der Waals surface area contributed by atoms with Gasteiger partial charge in [-0.25, -0.2) is 9.89 Å². The SMILES string of the molecule is Cl.NCCCOc1[nH]ncc1-c1cc2c(cn1)NC(=O)/C2=C\c1[nH]ccc1C(=O)O. The van der Waals surface area contributed by atoms with Crippen molar-refractivity contribution in [2.24, 2.45) is 5.73 Å². The standard InChI is InChI=1S/C19H18N6O4.ClH/c20-3-1-5-29-18-13(8-23-25-18)15-6-11-12(17(26)24-16(11)9-22-15)7-14-10(19(27)28)2-4-21-14;/h2,4,6-9,21H,1,3,5,20H2,(H,23,25)(H,24,26)(H,27,28);1H/b12-7-;. The molecule has 4 rings (SSSR count). The molecule has 4 heterocycles. The van der Waals surface area contributed by atoms with Gasteiger partial charge in [0.15, 0.2) is 0 Å². The number of amides is 1. The van der Waals surface area contributed by atoms with E-state index in [1.54, 1.807) is 18.5 Å². The highest BCUT2D eigenvalue weighted by Crippen LogP contribution is 2.36. The summed E-state index contributed by atoms with van der Waals surface area (Å²) in [7, 11) is 0. The van der Waals surface area contributed by atoms with Crippen LogP contribution in [0.5, 0.6) is 5.88 Å². The number of carboxylic acids is 1. The Labute approximate surface area is 177 Å². The number of rotatable bonds is 7. The minimum absolute atomic E-state index is 0. The normalized spacial score (nSPS) is 13.6. The van der Waals surface area contributed by atoms with Crippen LogP contribution < -0.4 is 15.8 Å². The third-order valence-corrected chi connectivity index (χ3v) is 4.46. The van der Waals surface area contributed by atoms with Crippen LogP contribution in [0.2, 0.25) is 0 Å². The van der Waals surface area contributed by atoms with Crippen LogP contribution in [-0.4, -0.2) is 50.3 Å². The maximum Gasteiger partial charge on any atom is 0.337 e. The van der Waals surface area contributed by atoms with Gasteiger partial charge in [0.25, 0.3) is 5.91 Å². The molecule has 11 heteroatoms. The van der Waals surface area contributed by atoms with E-state index in [9.17, 15) is 14.7 Å². The molecule has 1 amide bonds. The number of H-pyrrole nitrogens is 2. The lowest BCUT2D eigenvalue weighted by atomic mass is 10.0. The summed E-state index contributed by atoms with van der Waals surface area (Å²) < 4.78 is 5.66. The average Bonchev–Trinajstić information content (AvgIpc) is 3.42. The predicted molar refractivity (Wildman–Crippen MR) is 112 cm³/mol. The van der Waals surface area contributed by atoms with Crippen molar-refractivity contribution in [2.75, 3.05) is 18.5 Å². The maximum atomic E-state index is 12.5. The fourth-order valence-corrected chi connectivity index (χ4v) is 3.04. The number of nitrogens with two attached hydrogens (primary N) is 1. The van der Waals surface area contributed by atoms with E-state index in [0.29, 0.717) is 59.2 Å². The Bertz CT molecular complexity index is 1120. The first-order valence-electron chi connectivity index (χ1n) is 8.89. The zero-order chi connectivity index (χ0) is 20.4. The first-order valence-corrected chi connectivity index (χ1v) is 8.89. The number of aromatic nitrogens is 4. The van der Waals surface area contributed by atoms with Crippen molar-refractivity contribution in [3.63, 3.8) is 0 Å². The third kappa shape index (κ3) is 3.91. The monoisotopic (exact) mass is 430 g/mol. The van der Waals surface area contributed by atoms with E-state index in [1.807, 2.05) is 0 Å². The van der Waals surface area contributed by atoms with Crippen LogP contribution in [0, 0.1) is 0 Å². The average molecular weight is 431 g/mol. The topological polar surface area (TPSA) is 159 Å². The van der Waals surface area contributed by atoms with Crippen LogP contribution in [0.25, 0.3) is 22.9 Å². The van der Waals surface area contributed by atoms with Crippen LogP contribution in [0.15, 0.2) is 30.7 Å². The molecule has 1 aliphatic heterocycles. The molecule has 10 nitrogen and oxygen atoms in total. The molecule has 0 unspecified atom stereocenters. The first-order chi connectivity index (χ1) is 14.1. The molecule has 0 saturated heterocycles. The number of carboxylic acid groups (broad SMARTS) is 1.